The van der Waals surface area contributed by atoms with Gasteiger partial charge in [0.25, 0.3) is 5.91 Å². The summed E-state index contributed by atoms with van der Waals surface area (Å²) in [6.45, 7) is 0. The normalized spacial score (nSPS) is 25.7. The smallest absolute Gasteiger partial charge is 0.255 e. The lowest BCUT2D eigenvalue weighted by atomic mass is 9.80. The van der Waals surface area contributed by atoms with E-state index in [0.29, 0.717) is 11.7 Å². The lowest BCUT2D eigenvalue weighted by molar-refractivity contribution is -0.130. The standard InChI is InChI=1S/C18H25N3OS/c1-21-16(22)18(20-17(21)19,12-14-8-4-2-5-9-14)13-23-15-10-6-3-7-11-15/h3,6-7,10-11,14H,2,4-5,8-9,12-13H2,1H3,(H2,19,20). The molecule has 1 aromatic rings. The second kappa shape index (κ2) is 6.95. The van der Waals surface area contributed by atoms with Gasteiger partial charge in [-0.15, -0.1) is 11.8 Å². The van der Waals surface area contributed by atoms with Crippen molar-refractivity contribution < 1.29 is 4.79 Å². The third-order valence-electron chi connectivity index (χ3n) is 5.00. The Balaban J connectivity index is 1.76. The van der Waals surface area contributed by atoms with E-state index in [-0.39, 0.29) is 11.9 Å². The van der Waals surface area contributed by atoms with Crippen molar-refractivity contribution in [1.82, 2.24) is 10.2 Å². The van der Waals surface area contributed by atoms with Gasteiger partial charge in [-0.1, -0.05) is 50.3 Å². The monoisotopic (exact) mass is 331 g/mol. The van der Waals surface area contributed by atoms with E-state index in [1.807, 2.05) is 18.2 Å². The maximum Gasteiger partial charge on any atom is 0.255 e. The summed E-state index contributed by atoms with van der Waals surface area (Å²) < 4.78 is 0. The summed E-state index contributed by atoms with van der Waals surface area (Å²) in [4.78, 5) is 15.5. The van der Waals surface area contributed by atoms with E-state index in [4.69, 9.17) is 5.41 Å². The van der Waals surface area contributed by atoms with Gasteiger partial charge in [-0.05, 0) is 24.5 Å². The van der Waals surface area contributed by atoms with Gasteiger partial charge in [-0.2, -0.15) is 0 Å². The Morgan fingerprint density at radius 3 is 2.57 bits per heavy atom. The summed E-state index contributed by atoms with van der Waals surface area (Å²) in [5.41, 5.74) is -0.617. The molecule has 1 heterocycles. The number of likely N-dealkylation sites (N-methyl/N-ethyl adjacent to an activating group) is 1. The third kappa shape index (κ3) is 3.55. The van der Waals surface area contributed by atoms with E-state index in [0.717, 1.165) is 6.42 Å². The number of thioether (sulfide) groups is 1. The zero-order valence-corrected chi connectivity index (χ0v) is 14.5. The number of hydrogen-bond acceptors (Lipinski definition) is 3. The van der Waals surface area contributed by atoms with E-state index in [1.54, 1.807) is 18.8 Å². The largest absolute Gasteiger partial charge is 0.341 e. The first-order chi connectivity index (χ1) is 11.1. The van der Waals surface area contributed by atoms with Gasteiger partial charge in [0, 0.05) is 17.7 Å². The molecule has 1 saturated heterocycles. The molecule has 1 aliphatic carbocycles. The maximum absolute atomic E-state index is 12.8. The van der Waals surface area contributed by atoms with Crippen molar-refractivity contribution in [1.29, 1.82) is 5.41 Å². The number of nitrogens with zero attached hydrogens (tertiary/aromatic N) is 1. The van der Waals surface area contributed by atoms with Crippen molar-refractivity contribution in [2.24, 2.45) is 5.92 Å². The molecule has 3 rings (SSSR count). The van der Waals surface area contributed by atoms with Crippen LogP contribution in [0.5, 0.6) is 0 Å². The first-order valence-electron chi connectivity index (χ1n) is 8.43. The number of carbonyl (C=O) groups is 1. The quantitative estimate of drug-likeness (QED) is 0.812. The minimum Gasteiger partial charge on any atom is -0.341 e. The van der Waals surface area contributed by atoms with Gasteiger partial charge in [0.2, 0.25) is 0 Å². The molecule has 2 aliphatic rings. The van der Waals surface area contributed by atoms with Crippen molar-refractivity contribution >= 4 is 23.6 Å². The van der Waals surface area contributed by atoms with Crippen LogP contribution in [0, 0.1) is 11.3 Å². The Bertz CT molecular complexity index is 571. The molecular weight excluding hydrogens is 306 g/mol. The molecule has 23 heavy (non-hydrogen) atoms. The highest BCUT2D eigenvalue weighted by atomic mass is 32.2. The molecule has 4 nitrogen and oxygen atoms in total. The van der Waals surface area contributed by atoms with Crippen LogP contribution < -0.4 is 5.32 Å². The summed E-state index contributed by atoms with van der Waals surface area (Å²) in [6, 6.07) is 10.2. The predicted molar refractivity (Wildman–Crippen MR) is 94.7 cm³/mol. The highest BCUT2D eigenvalue weighted by molar-refractivity contribution is 7.99. The zero-order chi connectivity index (χ0) is 16.3. The van der Waals surface area contributed by atoms with Gasteiger partial charge in [-0.25, -0.2) is 0 Å². The number of carbonyl (C=O) groups excluding carboxylic acids is 1. The number of nitrogens with one attached hydrogen (secondary N) is 2. The molecule has 1 atom stereocenters. The Labute approximate surface area is 142 Å². The van der Waals surface area contributed by atoms with Crippen LogP contribution in [0.3, 0.4) is 0 Å². The number of rotatable bonds is 5. The molecule has 1 amide bonds. The van der Waals surface area contributed by atoms with Crippen molar-refractivity contribution in [2.45, 2.75) is 49.0 Å². The average Bonchev–Trinajstić information content (AvgIpc) is 2.79. The van der Waals surface area contributed by atoms with Crippen LogP contribution in [0.25, 0.3) is 0 Å². The maximum atomic E-state index is 12.8. The van der Waals surface area contributed by atoms with Crippen molar-refractivity contribution in [3.63, 3.8) is 0 Å². The molecule has 1 aliphatic heterocycles. The van der Waals surface area contributed by atoms with Crippen LogP contribution in [-0.2, 0) is 4.79 Å². The van der Waals surface area contributed by atoms with Gasteiger partial charge in [0.1, 0.15) is 5.54 Å². The van der Waals surface area contributed by atoms with Gasteiger partial charge >= 0.3 is 0 Å². The molecule has 1 unspecified atom stereocenters. The van der Waals surface area contributed by atoms with E-state index in [9.17, 15) is 4.79 Å². The average molecular weight is 331 g/mol. The predicted octanol–water partition coefficient (Wildman–Crippen LogP) is 3.48. The van der Waals surface area contributed by atoms with Gasteiger partial charge in [-0.3, -0.25) is 15.1 Å². The van der Waals surface area contributed by atoms with Crippen molar-refractivity contribution in [3.05, 3.63) is 30.3 Å². The fourth-order valence-electron chi connectivity index (χ4n) is 3.69. The molecule has 1 saturated carbocycles. The Kier molecular flexibility index (Phi) is 4.95. The summed E-state index contributed by atoms with van der Waals surface area (Å²) >= 11 is 1.71. The molecule has 0 spiro atoms. The molecule has 0 bridgehead atoms. The SMILES string of the molecule is CN1C(=N)NC(CSc2ccccc2)(CC2CCCCC2)C1=O. The summed E-state index contributed by atoms with van der Waals surface area (Å²) in [6.07, 6.45) is 7.13. The zero-order valence-electron chi connectivity index (χ0n) is 13.7. The third-order valence-corrected chi connectivity index (χ3v) is 6.24. The van der Waals surface area contributed by atoms with Crippen molar-refractivity contribution in [2.75, 3.05) is 12.8 Å². The molecule has 0 aromatic heterocycles. The topological polar surface area (TPSA) is 56.2 Å². The van der Waals surface area contributed by atoms with Gasteiger partial charge < -0.3 is 5.32 Å². The summed E-state index contributed by atoms with van der Waals surface area (Å²) in [5, 5.41) is 11.2. The van der Waals surface area contributed by atoms with Gasteiger partial charge in [0.15, 0.2) is 5.96 Å². The first-order valence-corrected chi connectivity index (χ1v) is 9.42. The second-order valence-electron chi connectivity index (χ2n) is 6.73. The molecule has 2 N–H and O–H groups in total. The van der Waals surface area contributed by atoms with Crippen LogP contribution in [0.1, 0.15) is 38.5 Å². The Hall–Kier alpha value is -1.49. The molecule has 0 radical (unpaired) electrons. The van der Waals surface area contributed by atoms with Crippen LogP contribution in [0.15, 0.2) is 35.2 Å². The fraction of sp³-hybridized carbons (Fsp3) is 0.556. The molecular formula is C18H25N3OS. The van der Waals surface area contributed by atoms with Crippen LogP contribution >= 0.6 is 11.8 Å². The highest BCUT2D eigenvalue weighted by Gasteiger charge is 2.49. The van der Waals surface area contributed by atoms with E-state index >= 15 is 0 Å². The van der Waals surface area contributed by atoms with E-state index in [2.05, 4.69) is 17.4 Å². The minimum absolute atomic E-state index is 0.0523. The number of hydrogen-bond donors (Lipinski definition) is 2. The first kappa shape index (κ1) is 16.4. The highest BCUT2D eigenvalue weighted by Crippen LogP contribution is 2.36. The van der Waals surface area contributed by atoms with E-state index < -0.39 is 5.54 Å². The Morgan fingerprint density at radius 2 is 1.96 bits per heavy atom. The molecule has 124 valence electrons. The Morgan fingerprint density at radius 1 is 1.26 bits per heavy atom. The fourth-order valence-corrected chi connectivity index (χ4v) is 4.77. The summed E-state index contributed by atoms with van der Waals surface area (Å²) in [7, 11) is 1.70. The van der Waals surface area contributed by atoms with Crippen LogP contribution in [-0.4, -0.2) is 35.1 Å². The molecule has 5 heteroatoms. The van der Waals surface area contributed by atoms with E-state index in [1.165, 1.54) is 41.9 Å². The number of benzene rings is 1. The molecule has 2 fully saturated rings. The number of amides is 1. The summed E-state index contributed by atoms with van der Waals surface area (Å²) in [5.74, 6) is 1.56. The van der Waals surface area contributed by atoms with Gasteiger partial charge in [0.05, 0.1) is 0 Å². The lowest BCUT2D eigenvalue weighted by Gasteiger charge is -2.32. The number of guanidine groups is 1. The minimum atomic E-state index is -0.617. The molecule has 1 aromatic carbocycles. The van der Waals surface area contributed by atoms with Crippen LogP contribution in [0.2, 0.25) is 0 Å². The lowest BCUT2D eigenvalue weighted by Crippen LogP contribution is -2.51. The second-order valence-corrected chi connectivity index (χ2v) is 7.78. The van der Waals surface area contributed by atoms with Crippen molar-refractivity contribution in [3.8, 4) is 0 Å². The van der Waals surface area contributed by atoms with Crippen LogP contribution in [0.4, 0.5) is 0 Å².